The average Bonchev–Trinajstić information content (AvgIpc) is 2.26. The molecule has 1 aromatic rings. The van der Waals surface area contributed by atoms with Crippen LogP contribution in [0.15, 0.2) is 23.3 Å². The van der Waals surface area contributed by atoms with Gasteiger partial charge >= 0.3 is 0 Å². The highest BCUT2D eigenvalue weighted by Crippen LogP contribution is 2.11. The fraction of sp³-hybridized carbons (Fsp3) is 0.182. The Morgan fingerprint density at radius 1 is 1.47 bits per heavy atom. The first-order chi connectivity index (χ1) is 7.29. The van der Waals surface area contributed by atoms with Gasteiger partial charge in [0.1, 0.15) is 0 Å². The molecule has 0 amide bonds. The normalized spacial score (nSPS) is 8.00. The summed E-state index contributed by atoms with van der Waals surface area (Å²) in [6.45, 7) is 1.99. The maximum Gasteiger partial charge on any atom is 0.0994 e. The highest BCUT2D eigenvalue weighted by Gasteiger charge is 1.99. The molecule has 0 aliphatic carbocycles. The lowest BCUT2D eigenvalue weighted by Crippen LogP contribution is -1.87. The molecule has 0 heterocycles. The van der Waals surface area contributed by atoms with Crippen LogP contribution in [0.2, 0.25) is 0 Å². The quantitative estimate of drug-likeness (QED) is 0.294. The standard InChI is InChI=1S/C11H8N4/c1-9-10(6-3-7-14-15-13)4-2-5-11(9)8-12/h2,4-5H,7H2,1H3. The number of rotatable bonds is 1. The second-order valence-electron chi connectivity index (χ2n) is 2.78. The first kappa shape index (κ1) is 10.7. The lowest BCUT2D eigenvalue weighted by atomic mass is 10.0. The van der Waals surface area contributed by atoms with Crippen LogP contribution in [0.5, 0.6) is 0 Å². The van der Waals surface area contributed by atoms with Gasteiger partial charge in [0.15, 0.2) is 0 Å². The zero-order valence-electron chi connectivity index (χ0n) is 8.23. The van der Waals surface area contributed by atoms with Crippen LogP contribution in [-0.4, -0.2) is 6.54 Å². The van der Waals surface area contributed by atoms with Crippen molar-refractivity contribution in [3.8, 4) is 17.9 Å². The molecule has 0 radical (unpaired) electrons. The van der Waals surface area contributed by atoms with Crippen LogP contribution < -0.4 is 0 Å². The smallest absolute Gasteiger partial charge is 0.0994 e. The van der Waals surface area contributed by atoms with Crippen LogP contribution in [0, 0.1) is 30.1 Å². The molecule has 0 aliphatic rings. The Bertz CT molecular complexity index is 508. The minimum Gasteiger partial charge on any atom is -0.192 e. The zero-order valence-corrected chi connectivity index (χ0v) is 8.23. The van der Waals surface area contributed by atoms with E-state index in [1.165, 1.54) is 0 Å². The van der Waals surface area contributed by atoms with Crippen LogP contribution in [0.1, 0.15) is 16.7 Å². The van der Waals surface area contributed by atoms with Crippen molar-refractivity contribution in [3.05, 3.63) is 45.3 Å². The molecule has 0 spiro atoms. The number of nitriles is 1. The predicted molar refractivity (Wildman–Crippen MR) is 56.8 cm³/mol. The van der Waals surface area contributed by atoms with Crippen molar-refractivity contribution in [2.45, 2.75) is 6.92 Å². The number of nitrogens with zero attached hydrogens (tertiary/aromatic N) is 4. The predicted octanol–water partition coefficient (Wildman–Crippen LogP) is 2.53. The first-order valence-electron chi connectivity index (χ1n) is 4.29. The second-order valence-corrected chi connectivity index (χ2v) is 2.78. The van der Waals surface area contributed by atoms with Crippen LogP contribution in [0.3, 0.4) is 0 Å². The number of benzene rings is 1. The first-order valence-corrected chi connectivity index (χ1v) is 4.29. The van der Waals surface area contributed by atoms with Crippen molar-refractivity contribution >= 4 is 0 Å². The third-order valence-electron chi connectivity index (χ3n) is 1.89. The minimum atomic E-state index is 0.146. The monoisotopic (exact) mass is 196 g/mol. The van der Waals surface area contributed by atoms with Gasteiger partial charge in [-0.2, -0.15) is 5.26 Å². The molecule has 0 atom stereocenters. The molecule has 0 unspecified atom stereocenters. The van der Waals surface area contributed by atoms with Gasteiger partial charge in [0.25, 0.3) is 0 Å². The summed E-state index contributed by atoms with van der Waals surface area (Å²) >= 11 is 0. The largest absolute Gasteiger partial charge is 0.192 e. The van der Waals surface area contributed by atoms with E-state index in [1.807, 2.05) is 13.0 Å². The van der Waals surface area contributed by atoms with Crippen molar-refractivity contribution in [2.75, 3.05) is 6.54 Å². The van der Waals surface area contributed by atoms with Crippen molar-refractivity contribution in [1.29, 1.82) is 5.26 Å². The van der Waals surface area contributed by atoms with Gasteiger partial charge in [0.2, 0.25) is 0 Å². The van der Waals surface area contributed by atoms with Crippen LogP contribution in [0.25, 0.3) is 10.4 Å². The van der Waals surface area contributed by atoms with E-state index >= 15 is 0 Å². The van der Waals surface area contributed by atoms with Gasteiger partial charge in [-0.3, -0.25) is 0 Å². The fourth-order valence-corrected chi connectivity index (χ4v) is 1.09. The lowest BCUT2D eigenvalue weighted by molar-refractivity contribution is 1.25. The highest BCUT2D eigenvalue weighted by atomic mass is 15.1. The van der Waals surface area contributed by atoms with Gasteiger partial charge in [0.05, 0.1) is 18.2 Å². The number of hydrogen-bond donors (Lipinski definition) is 0. The number of azide groups is 1. The molecule has 1 rings (SSSR count). The maximum absolute atomic E-state index is 8.79. The van der Waals surface area contributed by atoms with E-state index in [9.17, 15) is 0 Å². The van der Waals surface area contributed by atoms with Gasteiger partial charge in [-0.25, -0.2) is 0 Å². The summed E-state index contributed by atoms with van der Waals surface area (Å²) in [5, 5.41) is 12.1. The molecule has 0 N–H and O–H groups in total. The van der Waals surface area contributed by atoms with E-state index in [-0.39, 0.29) is 6.54 Å². The van der Waals surface area contributed by atoms with Gasteiger partial charge in [-0.1, -0.05) is 23.0 Å². The summed E-state index contributed by atoms with van der Waals surface area (Å²) in [6, 6.07) is 7.44. The molecule has 0 saturated carbocycles. The number of hydrogen-bond acceptors (Lipinski definition) is 2. The maximum atomic E-state index is 8.79. The third kappa shape index (κ3) is 2.77. The summed E-state index contributed by atoms with van der Waals surface area (Å²) in [5.74, 6) is 5.57. The van der Waals surface area contributed by atoms with E-state index < -0.39 is 0 Å². The van der Waals surface area contributed by atoms with Crippen LogP contribution in [-0.2, 0) is 0 Å². The Morgan fingerprint density at radius 2 is 2.20 bits per heavy atom. The molecule has 0 aliphatic heterocycles. The molecule has 1 aromatic carbocycles. The highest BCUT2D eigenvalue weighted by molar-refractivity contribution is 5.49. The molecule has 0 saturated heterocycles. The Hall–Kier alpha value is -2.42. The Labute approximate surface area is 87.8 Å². The van der Waals surface area contributed by atoms with Crippen molar-refractivity contribution in [2.24, 2.45) is 5.11 Å². The van der Waals surface area contributed by atoms with E-state index in [0.717, 1.165) is 11.1 Å². The summed E-state index contributed by atoms with van der Waals surface area (Å²) in [5.41, 5.74) is 10.3. The molecule has 0 bridgehead atoms. The minimum absolute atomic E-state index is 0.146. The molecule has 72 valence electrons. The van der Waals surface area contributed by atoms with E-state index in [4.69, 9.17) is 10.8 Å². The van der Waals surface area contributed by atoms with Crippen molar-refractivity contribution in [3.63, 3.8) is 0 Å². The van der Waals surface area contributed by atoms with Crippen LogP contribution in [0.4, 0.5) is 0 Å². The van der Waals surface area contributed by atoms with Crippen molar-refractivity contribution < 1.29 is 0 Å². The molecular formula is C11H8N4. The molecule has 4 heteroatoms. The van der Waals surface area contributed by atoms with E-state index in [0.29, 0.717) is 5.56 Å². The van der Waals surface area contributed by atoms with Gasteiger partial charge < -0.3 is 0 Å². The summed E-state index contributed by atoms with van der Waals surface area (Å²) in [6.07, 6.45) is 0. The third-order valence-corrected chi connectivity index (χ3v) is 1.89. The lowest BCUT2D eigenvalue weighted by Gasteiger charge is -1.98. The average molecular weight is 196 g/mol. The van der Waals surface area contributed by atoms with Crippen LogP contribution >= 0.6 is 0 Å². The molecule has 0 fully saturated rings. The fourth-order valence-electron chi connectivity index (χ4n) is 1.09. The topological polar surface area (TPSA) is 72.5 Å². The van der Waals surface area contributed by atoms with Gasteiger partial charge in [-0.05, 0) is 30.2 Å². The summed E-state index contributed by atoms with van der Waals surface area (Å²) in [4.78, 5) is 2.59. The Morgan fingerprint density at radius 3 is 2.87 bits per heavy atom. The molecule has 15 heavy (non-hydrogen) atoms. The van der Waals surface area contributed by atoms with E-state index in [1.54, 1.807) is 12.1 Å². The van der Waals surface area contributed by atoms with E-state index in [2.05, 4.69) is 27.9 Å². The molecular weight excluding hydrogens is 188 g/mol. The van der Waals surface area contributed by atoms with Gasteiger partial charge in [-0.15, -0.1) is 0 Å². The second kappa shape index (κ2) is 5.34. The Balaban J connectivity index is 2.99. The summed E-state index contributed by atoms with van der Waals surface area (Å²) in [7, 11) is 0. The SMILES string of the molecule is Cc1c(C#N)cccc1C#CCN=[N+]=[N-]. The molecule has 0 aromatic heterocycles. The Kier molecular flexibility index (Phi) is 3.79. The summed E-state index contributed by atoms with van der Waals surface area (Å²) < 4.78 is 0. The van der Waals surface area contributed by atoms with Gasteiger partial charge in [0, 0.05) is 10.5 Å². The molecule has 4 nitrogen and oxygen atoms in total. The zero-order chi connectivity index (χ0) is 11.1. The van der Waals surface area contributed by atoms with Crippen molar-refractivity contribution in [1.82, 2.24) is 0 Å².